The molecule has 0 bridgehead atoms. The average Bonchev–Trinajstić information content (AvgIpc) is 2.66. The number of hydrogen-bond donors (Lipinski definition) is 1. The molecule has 28 heavy (non-hydrogen) atoms. The number of aryl methyl sites for hydroxylation is 1. The first kappa shape index (κ1) is 20.2. The first-order valence-electron chi connectivity index (χ1n) is 9.79. The van der Waals surface area contributed by atoms with Gasteiger partial charge >= 0.3 is 12.1 Å². The lowest BCUT2D eigenvalue weighted by Crippen LogP contribution is -2.61. The Labute approximate surface area is 165 Å². The molecule has 2 amide bonds. The molecule has 0 saturated carbocycles. The molecule has 7 nitrogen and oxygen atoms in total. The molecule has 0 aromatic heterocycles. The van der Waals surface area contributed by atoms with Crippen LogP contribution in [0.4, 0.5) is 4.79 Å². The normalized spacial score (nSPS) is 22.6. The number of esters is 1. The fourth-order valence-electron chi connectivity index (χ4n) is 3.93. The number of carbonyl (C=O) groups is 3. The van der Waals surface area contributed by atoms with E-state index in [0.717, 1.165) is 11.3 Å². The van der Waals surface area contributed by atoms with Crippen molar-refractivity contribution in [3.05, 3.63) is 35.9 Å². The minimum Gasteiger partial charge on any atom is -0.465 e. The maximum Gasteiger partial charge on any atom is 0.407 e. The molecule has 0 aliphatic carbocycles. The van der Waals surface area contributed by atoms with Gasteiger partial charge in [0.2, 0.25) is 5.91 Å². The Morgan fingerprint density at radius 2 is 1.89 bits per heavy atom. The van der Waals surface area contributed by atoms with Gasteiger partial charge in [0.1, 0.15) is 12.1 Å². The number of fused-ring (bicyclic) bond motifs is 1. The van der Waals surface area contributed by atoms with Crippen molar-refractivity contribution >= 4 is 18.0 Å². The molecule has 2 aliphatic heterocycles. The Morgan fingerprint density at radius 1 is 1.18 bits per heavy atom. The van der Waals surface area contributed by atoms with Gasteiger partial charge in [-0.05, 0) is 45.1 Å². The molecule has 2 aliphatic rings. The van der Waals surface area contributed by atoms with E-state index in [1.807, 2.05) is 32.0 Å². The lowest BCUT2D eigenvalue weighted by molar-refractivity contribution is -0.166. The number of amides is 2. The van der Waals surface area contributed by atoms with Crippen LogP contribution in [0, 0.1) is 5.92 Å². The third-order valence-electron chi connectivity index (χ3n) is 5.62. The summed E-state index contributed by atoms with van der Waals surface area (Å²) in [7, 11) is 0. The number of hydrogen-bond acceptors (Lipinski definition) is 4. The maximum absolute atomic E-state index is 12.7. The van der Waals surface area contributed by atoms with Crippen LogP contribution >= 0.6 is 0 Å². The highest BCUT2D eigenvalue weighted by atomic mass is 16.6. The first-order chi connectivity index (χ1) is 13.2. The summed E-state index contributed by atoms with van der Waals surface area (Å²) >= 11 is 0. The number of piperidine rings is 1. The van der Waals surface area contributed by atoms with E-state index in [-0.39, 0.29) is 30.4 Å². The fourth-order valence-corrected chi connectivity index (χ4v) is 3.93. The Bertz CT molecular complexity index is 734. The monoisotopic (exact) mass is 388 g/mol. The van der Waals surface area contributed by atoms with Crippen molar-refractivity contribution in [3.63, 3.8) is 0 Å². The number of rotatable bonds is 5. The SMILES string of the molecule is CC(C)(CCc1ccccc1)OC(=O)C1CCC2CN(C(=O)O)CC(=O)N2C1. The Morgan fingerprint density at radius 3 is 2.57 bits per heavy atom. The van der Waals surface area contributed by atoms with Crippen molar-refractivity contribution in [1.29, 1.82) is 0 Å². The van der Waals surface area contributed by atoms with E-state index in [2.05, 4.69) is 12.1 Å². The van der Waals surface area contributed by atoms with E-state index in [4.69, 9.17) is 9.84 Å². The molecule has 1 aromatic carbocycles. The summed E-state index contributed by atoms with van der Waals surface area (Å²) in [4.78, 5) is 39.0. The summed E-state index contributed by atoms with van der Waals surface area (Å²) in [6.07, 6.45) is 1.68. The number of benzene rings is 1. The van der Waals surface area contributed by atoms with Crippen molar-refractivity contribution in [1.82, 2.24) is 9.80 Å². The van der Waals surface area contributed by atoms with Gasteiger partial charge in [0, 0.05) is 19.1 Å². The van der Waals surface area contributed by atoms with Crippen LogP contribution in [0.25, 0.3) is 0 Å². The molecule has 2 heterocycles. The summed E-state index contributed by atoms with van der Waals surface area (Å²) in [6, 6.07) is 9.93. The summed E-state index contributed by atoms with van der Waals surface area (Å²) in [5.41, 5.74) is 0.615. The van der Waals surface area contributed by atoms with Crippen LogP contribution < -0.4 is 0 Å². The van der Waals surface area contributed by atoms with E-state index >= 15 is 0 Å². The summed E-state index contributed by atoms with van der Waals surface area (Å²) in [6.45, 7) is 4.30. The first-order valence-corrected chi connectivity index (χ1v) is 9.79. The topological polar surface area (TPSA) is 87.1 Å². The number of ether oxygens (including phenoxy) is 1. The molecular weight excluding hydrogens is 360 g/mol. The zero-order valence-electron chi connectivity index (χ0n) is 16.5. The molecule has 2 atom stereocenters. The zero-order valence-corrected chi connectivity index (χ0v) is 16.5. The average molecular weight is 388 g/mol. The van der Waals surface area contributed by atoms with E-state index in [9.17, 15) is 14.4 Å². The highest BCUT2D eigenvalue weighted by Crippen LogP contribution is 2.29. The van der Waals surface area contributed by atoms with Crippen LogP contribution in [0.2, 0.25) is 0 Å². The minimum atomic E-state index is -1.07. The Balaban J connectivity index is 1.54. The second-order valence-corrected chi connectivity index (χ2v) is 8.30. The Kier molecular flexibility index (Phi) is 5.91. The van der Waals surface area contributed by atoms with Gasteiger partial charge < -0.3 is 14.7 Å². The maximum atomic E-state index is 12.7. The zero-order chi connectivity index (χ0) is 20.3. The number of carbonyl (C=O) groups excluding carboxylic acids is 2. The lowest BCUT2D eigenvalue weighted by Gasteiger charge is -2.45. The standard InChI is InChI=1S/C21H28N2O5/c1-21(2,11-10-15-6-4-3-5-7-15)28-19(25)16-8-9-17-13-22(20(26)27)14-18(24)23(17)12-16/h3-7,16-17H,8-14H2,1-2H3,(H,26,27). The lowest BCUT2D eigenvalue weighted by atomic mass is 9.90. The van der Waals surface area contributed by atoms with Gasteiger partial charge in [-0.15, -0.1) is 0 Å². The largest absolute Gasteiger partial charge is 0.465 e. The van der Waals surface area contributed by atoms with Gasteiger partial charge in [-0.25, -0.2) is 4.79 Å². The summed E-state index contributed by atoms with van der Waals surface area (Å²) in [5.74, 6) is -0.864. The number of nitrogens with zero attached hydrogens (tertiary/aromatic N) is 2. The van der Waals surface area contributed by atoms with Crippen molar-refractivity contribution < 1.29 is 24.2 Å². The van der Waals surface area contributed by atoms with Crippen LogP contribution in [0.5, 0.6) is 0 Å². The number of carboxylic acid groups (broad SMARTS) is 1. The van der Waals surface area contributed by atoms with Crippen LogP contribution in [-0.4, -0.2) is 64.2 Å². The highest BCUT2D eigenvalue weighted by molar-refractivity contribution is 5.84. The predicted molar refractivity (Wildman–Crippen MR) is 103 cm³/mol. The Hall–Kier alpha value is -2.57. The van der Waals surface area contributed by atoms with E-state index < -0.39 is 11.7 Å². The van der Waals surface area contributed by atoms with E-state index in [0.29, 0.717) is 32.4 Å². The third kappa shape index (κ3) is 4.82. The van der Waals surface area contributed by atoms with Crippen LogP contribution in [0.15, 0.2) is 30.3 Å². The van der Waals surface area contributed by atoms with Crippen molar-refractivity contribution in [2.75, 3.05) is 19.6 Å². The van der Waals surface area contributed by atoms with Crippen molar-refractivity contribution in [2.24, 2.45) is 5.92 Å². The van der Waals surface area contributed by atoms with Gasteiger partial charge in [0.25, 0.3) is 0 Å². The quantitative estimate of drug-likeness (QED) is 0.784. The molecule has 0 radical (unpaired) electrons. The van der Waals surface area contributed by atoms with Gasteiger partial charge in [-0.1, -0.05) is 30.3 Å². The molecule has 1 N–H and O–H groups in total. The van der Waals surface area contributed by atoms with Crippen LogP contribution in [0.1, 0.15) is 38.7 Å². The van der Waals surface area contributed by atoms with Gasteiger partial charge in [0.05, 0.1) is 5.92 Å². The molecule has 2 saturated heterocycles. The molecule has 2 fully saturated rings. The van der Waals surface area contributed by atoms with Crippen molar-refractivity contribution in [2.45, 2.75) is 51.2 Å². The second-order valence-electron chi connectivity index (χ2n) is 8.30. The van der Waals surface area contributed by atoms with E-state index in [1.165, 1.54) is 5.56 Å². The highest BCUT2D eigenvalue weighted by Gasteiger charge is 2.41. The number of piperazine rings is 1. The smallest absolute Gasteiger partial charge is 0.407 e. The summed E-state index contributed by atoms with van der Waals surface area (Å²) < 4.78 is 5.79. The minimum absolute atomic E-state index is 0.143. The molecule has 152 valence electrons. The predicted octanol–water partition coefficient (Wildman–Crippen LogP) is 2.54. The van der Waals surface area contributed by atoms with Crippen molar-refractivity contribution in [3.8, 4) is 0 Å². The van der Waals surface area contributed by atoms with Gasteiger partial charge in [-0.2, -0.15) is 0 Å². The fraction of sp³-hybridized carbons (Fsp3) is 0.571. The summed E-state index contributed by atoms with van der Waals surface area (Å²) in [5, 5.41) is 9.13. The second kappa shape index (κ2) is 8.20. The van der Waals surface area contributed by atoms with Crippen LogP contribution in [0.3, 0.4) is 0 Å². The van der Waals surface area contributed by atoms with Crippen LogP contribution in [-0.2, 0) is 20.7 Å². The van der Waals surface area contributed by atoms with Gasteiger partial charge in [-0.3, -0.25) is 14.5 Å². The molecule has 1 aromatic rings. The molecular formula is C21H28N2O5. The molecule has 7 heteroatoms. The van der Waals surface area contributed by atoms with E-state index in [1.54, 1.807) is 4.90 Å². The van der Waals surface area contributed by atoms with Gasteiger partial charge in [0.15, 0.2) is 0 Å². The molecule has 3 rings (SSSR count). The third-order valence-corrected chi connectivity index (χ3v) is 5.62. The molecule has 0 spiro atoms. The molecule has 2 unspecified atom stereocenters.